The zero-order valence-electron chi connectivity index (χ0n) is 33.5. The van der Waals surface area contributed by atoms with E-state index in [4.69, 9.17) is 9.97 Å². The van der Waals surface area contributed by atoms with E-state index < -0.39 is 0 Å². The van der Waals surface area contributed by atoms with E-state index in [-0.39, 0.29) is 29.9 Å². The number of piperidine rings is 1. The van der Waals surface area contributed by atoms with E-state index in [9.17, 15) is 9.59 Å². The Bertz CT molecular complexity index is 2540. The lowest BCUT2D eigenvalue weighted by atomic mass is 10.00. The first-order valence-corrected chi connectivity index (χ1v) is 22.2. The molecular formula is C49H48N8O2S. The van der Waals surface area contributed by atoms with Gasteiger partial charge in [0, 0.05) is 29.6 Å². The fourth-order valence-electron chi connectivity index (χ4n) is 9.38. The molecule has 4 aromatic carbocycles. The molecule has 10 nitrogen and oxygen atoms in total. The number of imidazole rings is 2. The van der Waals surface area contributed by atoms with Crippen LogP contribution in [0.1, 0.15) is 90.6 Å². The van der Waals surface area contributed by atoms with Gasteiger partial charge in [0.2, 0.25) is 5.91 Å². The van der Waals surface area contributed by atoms with Crippen molar-refractivity contribution in [3.8, 4) is 44.9 Å². The molecule has 3 saturated heterocycles. The maximum absolute atomic E-state index is 14.4. The van der Waals surface area contributed by atoms with Crippen molar-refractivity contribution in [1.29, 1.82) is 0 Å². The van der Waals surface area contributed by atoms with Crippen LogP contribution in [0.3, 0.4) is 0 Å². The molecule has 0 spiro atoms. The van der Waals surface area contributed by atoms with Crippen LogP contribution in [-0.4, -0.2) is 77.6 Å². The average molecular weight is 813 g/mol. The Hall–Kier alpha value is -6.17. The Morgan fingerprint density at radius 3 is 1.72 bits per heavy atom. The normalized spacial score (nSPS) is 18.9. The lowest BCUT2D eigenvalue weighted by Crippen LogP contribution is -2.44. The van der Waals surface area contributed by atoms with Crippen molar-refractivity contribution < 1.29 is 9.59 Å². The molecule has 0 radical (unpaired) electrons. The topological polar surface area (TPSA) is 114 Å². The highest BCUT2D eigenvalue weighted by molar-refractivity contribution is 7.07. The summed E-state index contributed by atoms with van der Waals surface area (Å²) in [4.78, 5) is 55.5. The number of H-pyrrole nitrogens is 2. The van der Waals surface area contributed by atoms with Crippen LogP contribution in [0.15, 0.2) is 126 Å². The van der Waals surface area contributed by atoms with Gasteiger partial charge in [-0.05, 0) is 91.6 Å². The summed E-state index contributed by atoms with van der Waals surface area (Å²) >= 11 is 1.56. The van der Waals surface area contributed by atoms with Crippen molar-refractivity contribution in [1.82, 2.24) is 39.6 Å². The minimum atomic E-state index is -0.259. The quantitative estimate of drug-likeness (QED) is 0.142. The highest BCUT2D eigenvalue weighted by atomic mass is 32.1. The average Bonchev–Trinajstić information content (AvgIpc) is 4.17. The standard InChI is InChI=1S/C49H48N8O2S/c58-48(39-23-21-37(22-24-39)42-31-60-32-52-42)56-27-7-11-43(56)46-50-29-40(53-46)35-17-13-33(14-18-35)34-15-19-36(20-16-34)41-30-51-47(54-41)44-12-8-28-57(44)49(59)45(38-9-3-1-4-10-38)55-25-5-2-6-26-55/h1,3-4,9-10,13-24,29-32,43-45H,2,5-8,11-12,25-28H2,(H,50,53)(H,51,54)/t43-,44-,45+/m0/s1. The first-order valence-electron chi connectivity index (χ1n) is 21.3. The summed E-state index contributed by atoms with van der Waals surface area (Å²) in [7, 11) is 0. The zero-order valence-corrected chi connectivity index (χ0v) is 34.4. The SMILES string of the molecule is O=C(c1ccc(-c2cscn2)cc1)N1CCC[C@H]1c1ncc(-c2ccc(-c3ccc(-c4cnc([C@@H]5CCCN5C(=O)[C@@H](c5ccccc5)N5CCCCC5)[nH]4)cc3)cc2)[nH]1. The van der Waals surface area contributed by atoms with Crippen molar-refractivity contribution >= 4 is 23.2 Å². The molecule has 2 N–H and O–H groups in total. The number of carbonyl (C=O) groups excluding carboxylic acids is 2. The number of aromatic amines is 2. The van der Waals surface area contributed by atoms with E-state index in [1.54, 1.807) is 11.3 Å². The maximum Gasteiger partial charge on any atom is 0.254 e. The summed E-state index contributed by atoms with van der Waals surface area (Å²) in [5.41, 5.74) is 11.7. The smallest absolute Gasteiger partial charge is 0.254 e. The second-order valence-electron chi connectivity index (χ2n) is 16.2. The molecule has 7 aromatic rings. The van der Waals surface area contributed by atoms with Crippen LogP contribution in [0, 0.1) is 0 Å². The number of thiazole rings is 1. The largest absolute Gasteiger partial charge is 0.340 e. The van der Waals surface area contributed by atoms with Gasteiger partial charge in [0.1, 0.15) is 17.7 Å². The molecule has 0 aliphatic carbocycles. The van der Waals surface area contributed by atoms with Gasteiger partial charge in [0.05, 0.1) is 47.1 Å². The van der Waals surface area contributed by atoms with E-state index >= 15 is 0 Å². The van der Waals surface area contributed by atoms with Crippen LogP contribution >= 0.6 is 11.3 Å². The third-order valence-electron chi connectivity index (χ3n) is 12.6. The molecule has 3 atom stereocenters. The fourth-order valence-corrected chi connectivity index (χ4v) is 9.94. The van der Waals surface area contributed by atoms with Crippen LogP contribution in [0.2, 0.25) is 0 Å². The van der Waals surface area contributed by atoms with Crippen LogP contribution in [0.4, 0.5) is 0 Å². The molecule has 0 unspecified atom stereocenters. The highest BCUT2D eigenvalue weighted by Gasteiger charge is 2.39. The maximum atomic E-state index is 14.4. The third-order valence-corrected chi connectivity index (χ3v) is 13.1. The van der Waals surface area contributed by atoms with Gasteiger partial charge in [0.15, 0.2) is 0 Å². The lowest BCUT2D eigenvalue weighted by molar-refractivity contribution is -0.139. The predicted octanol–water partition coefficient (Wildman–Crippen LogP) is 10.1. The lowest BCUT2D eigenvalue weighted by Gasteiger charge is -2.37. The number of nitrogens with one attached hydrogen (secondary N) is 2. The number of aromatic nitrogens is 5. The molecule has 60 heavy (non-hydrogen) atoms. The van der Waals surface area contributed by atoms with E-state index in [1.807, 2.05) is 70.6 Å². The molecule has 6 heterocycles. The number of likely N-dealkylation sites (tertiary alicyclic amines) is 3. The van der Waals surface area contributed by atoms with E-state index in [0.29, 0.717) is 12.1 Å². The van der Waals surface area contributed by atoms with Gasteiger partial charge in [-0.2, -0.15) is 0 Å². The van der Waals surface area contributed by atoms with Gasteiger partial charge < -0.3 is 19.8 Å². The predicted molar refractivity (Wildman–Crippen MR) is 236 cm³/mol. The second kappa shape index (κ2) is 16.8. The molecular weight excluding hydrogens is 765 g/mol. The van der Waals surface area contributed by atoms with Crippen molar-refractivity contribution in [3.63, 3.8) is 0 Å². The van der Waals surface area contributed by atoms with E-state index in [2.05, 4.69) is 85.4 Å². The fraction of sp³-hybridized carbons (Fsp3) is 0.286. The van der Waals surface area contributed by atoms with E-state index in [0.717, 1.165) is 120 Å². The summed E-state index contributed by atoms with van der Waals surface area (Å²) in [6, 6.07) is 34.7. The number of nitrogens with zero attached hydrogens (tertiary/aromatic N) is 6. The molecule has 11 heteroatoms. The summed E-state index contributed by atoms with van der Waals surface area (Å²) in [5, 5.41) is 2.01. The Kier molecular flexibility index (Phi) is 10.7. The molecule has 3 aliphatic heterocycles. The Balaban J connectivity index is 0.795. The second-order valence-corrected chi connectivity index (χ2v) is 16.9. The number of benzene rings is 4. The Morgan fingerprint density at radius 1 is 0.583 bits per heavy atom. The molecule has 3 aromatic heterocycles. The van der Waals surface area contributed by atoms with Crippen molar-refractivity contribution in [2.24, 2.45) is 0 Å². The van der Waals surface area contributed by atoms with Crippen LogP contribution < -0.4 is 0 Å². The first-order chi connectivity index (χ1) is 29.6. The van der Waals surface area contributed by atoms with Gasteiger partial charge in [-0.3, -0.25) is 14.5 Å². The first kappa shape index (κ1) is 38.1. The van der Waals surface area contributed by atoms with Gasteiger partial charge in [-0.25, -0.2) is 15.0 Å². The van der Waals surface area contributed by atoms with Gasteiger partial charge in [0.25, 0.3) is 5.91 Å². The van der Waals surface area contributed by atoms with Crippen LogP contribution in [0.5, 0.6) is 0 Å². The number of rotatable bonds is 10. The molecule has 0 bridgehead atoms. The molecule has 3 fully saturated rings. The van der Waals surface area contributed by atoms with Crippen LogP contribution in [0.25, 0.3) is 44.9 Å². The van der Waals surface area contributed by atoms with Crippen molar-refractivity contribution in [2.75, 3.05) is 26.2 Å². The summed E-state index contributed by atoms with van der Waals surface area (Å²) in [5.74, 6) is 1.88. The molecule has 0 saturated carbocycles. The molecule has 10 rings (SSSR count). The van der Waals surface area contributed by atoms with Crippen molar-refractivity contribution in [3.05, 3.63) is 149 Å². The monoisotopic (exact) mass is 812 g/mol. The third kappa shape index (κ3) is 7.59. The number of hydrogen-bond donors (Lipinski definition) is 2. The summed E-state index contributed by atoms with van der Waals surface area (Å²) in [6.45, 7) is 3.36. The summed E-state index contributed by atoms with van der Waals surface area (Å²) in [6.07, 6.45) is 10.9. The van der Waals surface area contributed by atoms with Gasteiger partial charge >= 0.3 is 0 Å². The van der Waals surface area contributed by atoms with Gasteiger partial charge in [-0.1, -0.05) is 97.4 Å². The van der Waals surface area contributed by atoms with E-state index in [1.165, 1.54) is 6.42 Å². The molecule has 302 valence electrons. The number of carbonyl (C=O) groups is 2. The number of amides is 2. The van der Waals surface area contributed by atoms with Gasteiger partial charge in [-0.15, -0.1) is 11.3 Å². The minimum Gasteiger partial charge on any atom is -0.340 e. The molecule has 2 amide bonds. The van der Waals surface area contributed by atoms with Crippen LogP contribution in [-0.2, 0) is 4.79 Å². The summed E-state index contributed by atoms with van der Waals surface area (Å²) < 4.78 is 0. The number of hydrogen-bond acceptors (Lipinski definition) is 7. The highest BCUT2D eigenvalue weighted by Crippen LogP contribution is 2.37. The van der Waals surface area contributed by atoms with Crippen molar-refractivity contribution in [2.45, 2.75) is 63.1 Å². The Labute approximate surface area is 354 Å². The zero-order chi connectivity index (χ0) is 40.4. The Morgan fingerprint density at radius 2 is 1.13 bits per heavy atom. The molecule has 3 aliphatic rings. The minimum absolute atomic E-state index is 0.0244.